The van der Waals surface area contributed by atoms with Gasteiger partial charge in [-0.2, -0.15) is 0 Å². The van der Waals surface area contributed by atoms with Crippen LogP contribution in [-0.2, 0) is 0 Å². The highest BCUT2D eigenvalue weighted by Gasteiger charge is 2.20. The molecule has 0 bridgehead atoms. The van der Waals surface area contributed by atoms with Crippen LogP contribution in [-0.4, -0.2) is 18.8 Å². The van der Waals surface area contributed by atoms with Crippen molar-refractivity contribution >= 4 is 76.7 Å². The number of rotatable bonds is 4. The van der Waals surface area contributed by atoms with E-state index >= 15 is 0 Å². The van der Waals surface area contributed by atoms with Gasteiger partial charge in [0.05, 0.1) is 33.1 Å². The summed E-state index contributed by atoms with van der Waals surface area (Å²) < 4.78 is 11.5. The van der Waals surface area contributed by atoms with Gasteiger partial charge in [0.25, 0.3) is 0 Å². The van der Waals surface area contributed by atoms with Gasteiger partial charge in [-0.3, -0.25) is 8.80 Å². The zero-order valence-electron chi connectivity index (χ0n) is 33.2. The number of aromatic nitrogens is 4. The van der Waals surface area contributed by atoms with Crippen LogP contribution in [0.2, 0.25) is 0 Å². The highest BCUT2D eigenvalue weighted by atomic mass is 16.5. The van der Waals surface area contributed by atoms with E-state index in [0.717, 1.165) is 77.4 Å². The molecule has 0 aliphatic carbocycles. The van der Waals surface area contributed by atoms with E-state index in [4.69, 9.17) is 14.7 Å². The molecule has 12 rings (SSSR count). The first-order valence-corrected chi connectivity index (χ1v) is 20.2. The standard InChI is InChI=1S/C54H38N4O/c1-31-12-9-13-32(2)50(31)35-22-27-47-42(28-35)39-26-24-37(30-44(39)53-55-45-18-5-7-20-48(45)57(47)53)59-36-23-25-38-40-16-11-17-41(51-33(3)14-10-15-34(51)4)52(40)58-49-21-8-6-19-46(49)56-54(58)43(38)29-36/h5-30H,1-4H3. The summed E-state index contributed by atoms with van der Waals surface area (Å²) in [6.45, 7) is 8.79. The molecule has 59 heavy (non-hydrogen) atoms. The zero-order valence-corrected chi connectivity index (χ0v) is 33.2. The minimum atomic E-state index is 0.749. The van der Waals surface area contributed by atoms with Gasteiger partial charge in [-0.1, -0.05) is 84.9 Å². The number of aryl methyl sites for hydroxylation is 4. The van der Waals surface area contributed by atoms with Gasteiger partial charge in [-0.05, 0) is 150 Å². The van der Waals surface area contributed by atoms with Crippen molar-refractivity contribution in [3.63, 3.8) is 0 Å². The molecular weight excluding hydrogens is 721 g/mol. The molecular formula is C54H38N4O. The summed E-state index contributed by atoms with van der Waals surface area (Å²) in [5, 5.41) is 6.70. The molecule has 0 aliphatic heterocycles. The smallest absolute Gasteiger partial charge is 0.146 e. The number of hydrogen-bond donors (Lipinski definition) is 0. The normalized spacial score (nSPS) is 12.1. The Labute approximate surface area is 340 Å². The summed E-state index contributed by atoms with van der Waals surface area (Å²) >= 11 is 0. The average molecular weight is 759 g/mol. The lowest BCUT2D eigenvalue weighted by atomic mass is 9.92. The molecule has 0 atom stereocenters. The predicted octanol–water partition coefficient (Wildman–Crippen LogP) is 14.3. The second-order valence-corrected chi connectivity index (χ2v) is 16.0. The zero-order chi connectivity index (χ0) is 39.5. The number of para-hydroxylation sites is 5. The molecule has 5 heteroatoms. The molecule has 0 amide bonds. The Morgan fingerprint density at radius 3 is 1.58 bits per heavy atom. The van der Waals surface area contributed by atoms with Crippen LogP contribution in [0.3, 0.4) is 0 Å². The van der Waals surface area contributed by atoms with Crippen LogP contribution >= 0.6 is 0 Å². The van der Waals surface area contributed by atoms with Crippen LogP contribution in [0.15, 0.2) is 158 Å². The van der Waals surface area contributed by atoms with E-state index in [9.17, 15) is 0 Å². The fourth-order valence-corrected chi connectivity index (χ4v) is 9.85. The second-order valence-electron chi connectivity index (χ2n) is 16.0. The third-order valence-corrected chi connectivity index (χ3v) is 12.4. The first-order chi connectivity index (χ1) is 28.9. The van der Waals surface area contributed by atoms with Crippen LogP contribution in [0.25, 0.3) is 99.0 Å². The molecule has 8 aromatic carbocycles. The molecule has 0 aliphatic rings. The number of ether oxygens (including phenoxy) is 1. The Morgan fingerprint density at radius 1 is 0.390 bits per heavy atom. The molecule has 280 valence electrons. The van der Waals surface area contributed by atoms with Crippen molar-refractivity contribution in [1.29, 1.82) is 0 Å². The van der Waals surface area contributed by atoms with Gasteiger partial charge >= 0.3 is 0 Å². The monoisotopic (exact) mass is 758 g/mol. The first kappa shape index (κ1) is 33.6. The molecule has 4 aromatic heterocycles. The number of imidazole rings is 2. The van der Waals surface area contributed by atoms with E-state index in [-0.39, 0.29) is 0 Å². The first-order valence-electron chi connectivity index (χ1n) is 20.2. The highest BCUT2D eigenvalue weighted by molar-refractivity contribution is 6.18. The molecule has 0 radical (unpaired) electrons. The number of nitrogens with zero attached hydrogens (tertiary/aromatic N) is 4. The van der Waals surface area contributed by atoms with Crippen molar-refractivity contribution in [2.24, 2.45) is 0 Å². The van der Waals surface area contributed by atoms with Crippen molar-refractivity contribution in [2.75, 3.05) is 0 Å². The van der Waals surface area contributed by atoms with Gasteiger partial charge in [-0.15, -0.1) is 0 Å². The van der Waals surface area contributed by atoms with Crippen LogP contribution < -0.4 is 4.74 Å². The number of pyridine rings is 2. The lowest BCUT2D eigenvalue weighted by Gasteiger charge is -2.17. The van der Waals surface area contributed by atoms with Gasteiger partial charge in [0.15, 0.2) is 0 Å². The van der Waals surface area contributed by atoms with Crippen molar-refractivity contribution in [2.45, 2.75) is 27.7 Å². The SMILES string of the molecule is Cc1cccc(C)c1-c1ccc2c(c1)c1ccc(Oc3ccc4c(c3)c3nc5ccccc5n3c3c(-c5c(C)cccc5C)cccc43)cc1c1nc3ccccc3n21. The molecule has 4 heterocycles. The molecule has 0 spiro atoms. The van der Waals surface area contributed by atoms with Crippen molar-refractivity contribution in [3.05, 3.63) is 180 Å². The largest absolute Gasteiger partial charge is 0.457 e. The van der Waals surface area contributed by atoms with E-state index in [1.54, 1.807) is 0 Å². The molecule has 0 N–H and O–H groups in total. The van der Waals surface area contributed by atoms with Crippen LogP contribution in [0, 0.1) is 27.7 Å². The summed E-state index contributed by atoms with van der Waals surface area (Å²) in [6, 6.07) is 56.3. The number of hydrogen-bond acceptors (Lipinski definition) is 3. The molecule has 0 saturated heterocycles. The van der Waals surface area contributed by atoms with E-state index in [1.165, 1.54) is 55.3 Å². The maximum absolute atomic E-state index is 6.84. The quantitative estimate of drug-likeness (QED) is 0.168. The molecule has 0 saturated carbocycles. The lowest BCUT2D eigenvalue weighted by Crippen LogP contribution is -1.97. The van der Waals surface area contributed by atoms with E-state index < -0.39 is 0 Å². The fourth-order valence-electron chi connectivity index (χ4n) is 9.85. The van der Waals surface area contributed by atoms with Crippen molar-refractivity contribution < 1.29 is 4.74 Å². The number of fused-ring (bicyclic) bond motifs is 16. The highest BCUT2D eigenvalue weighted by Crippen LogP contribution is 2.42. The third-order valence-electron chi connectivity index (χ3n) is 12.4. The molecule has 12 aromatic rings. The fraction of sp³-hybridized carbons (Fsp3) is 0.0741. The molecule has 5 nitrogen and oxygen atoms in total. The van der Waals surface area contributed by atoms with Crippen molar-refractivity contribution in [1.82, 2.24) is 18.8 Å². The molecule has 0 fully saturated rings. The Morgan fingerprint density at radius 2 is 0.932 bits per heavy atom. The van der Waals surface area contributed by atoms with Crippen LogP contribution in [0.4, 0.5) is 0 Å². The van der Waals surface area contributed by atoms with Crippen LogP contribution in [0.1, 0.15) is 22.3 Å². The molecule has 0 unspecified atom stereocenters. The van der Waals surface area contributed by atoms with E-state index in [1.807, 2.05) is 0 Å². The van der Waals surface area contributed by atoms with Gasteiger partial charge in [-0.25, -0.2) is 9.97 Å². The second kappa shape index (κ2) is 12.5. The maximum Gasteiger partial charge on any atom is 0.146 e. The summed E-state index contributed by atoms with van der Waals surface area (Å²) in [6.07, 6.45) is 0. The predicted molar refractivity (Wildman–Crippen MR) is 245 cm³/mol. The summed E-state index contributed by atoms with van der Waals surface area (Å²) in [5.74, 6) is 1.50. The average Bonchev–Trinajstić information content (AvgIpc) is 3.84. The maximum atomic E-state index is 6.84. The minimum Gasteiger partial charge on any atom is -0.457 e. The Balaban J connectivity index is 1.07. The van der Waals surface area contributed by atoms with Gasteiger partial charge in [0.1, 0.15) is 22.8 Å². The number of benzene rings is 8. The topological polar surface area (TPSA) is 43.8 Å². The Bertz CT molecular complexity index is 3670. The van der Waals surface area contributed by atoms with Crippen LogP contribution in [0.5, 0.6) is 11.5 Å². The lowest BCUT2D eigenvalue weighted by molar-refractivity contribution is 0.484. The van der Waals surface area contributed by atoms with E-state index in [2.05, 4.69) is 194 Å². The Kier molecular flexibility index (Phi) is 7.12. The minimum absolute atomic E-state index is 0.749. The van der Waals surface area contributed by atoms with Gasteiger partial charge in [0.2, 0.25) is 0 Å². The summed E-state index contributed by atoms with van der Waals surface area (Å²) in [4.78, 5) is 10.5. The van der Waals surface area contributed by atoms with E-state index in [0.29, 0.717) is 0 Å². The van der Waals surface area contributed by atoms with Crippen molar-refractivity contribution in [3.8, 4) is 33.8 Å². The summed E-state index contributed by atoms with van der Waals surface area (Å²) in [7, 11) is 0. The van der Waals surface area contributed by atoms with Gasteiger partial charge < -0.3 is 4.74 Å². The Hall–Kier alpha value is -7.50. The van der Waals surface area contributed by atoms with Gasteiger partial charge in [0, 0.05) is 27.1 Å². The third kappa shape index (κ3) is 4.91. The summed E-state index contributed by atoms with van der Waals surface area (Å²) in [5.41, 5.74) is 18.2.